The zero-order valence-corrected chi connectivity index (χ0v) is 11.0. The smallest absolute Gasteiger partial charge is 0.165 e. The molecule has 0 spiro atoms. The van der Waals surface area contributed by atoms with Crippen molar-refractivity contribution in [1.29, 1.82) is 0 Å². The summed E-state index contributed by atoms with van der Waals surface area (Å²) in [5, 5.41) is 13.1. The first kappa shape index (κ1) is 13.5. The lowest BCUT2D eigenvalue weighted by molar-refractivity contribution is 0.415. The second-order valence-electron chi connectivity index (χ2n) is 3.95. The molecule has 0 bridgehead atoms. The molecule has 0 saturated carbocycles. The van der Waals surface area contributed by atoms with Crippen LogP contribution in [0.3, 0.4) is 0 Å². The number of phenols is 1. The minimum absolute atomic E-state index is 0.260. The summed E-state index contributed by atoms with van der Waals surface area (Å²) in [5.74, 6) is -0.333. The molecule has 0 aliphatic heterocycles. The van der Waals surface area contributed by atoms with Crippen molar-refractivity contribution in [3.8, 4) is 11.5 Å². The molecule has 0 atom stereocenters. The summed E-state index contributed by atoms with van der Waals surface area (Å²) in [6.45, 7) is 0.260. The molecular formula is C14H13ClFNO2. The van der Waals surface area contributed by atoms with Crippen molar-refractivity contribution in [1.82, 2.24) is 0 Å². The Hall–Kier alpha value is -1.94. The van der Waals surface area contributed by atoms with Gasteiger partial charge in [-0.1, -0.05) is 23.7 Å². The number of hydrogen-bond acceptors (Lipinski definition) is 3. The fraction of sp³-hybridized carbons (Fsp3) is 0.143. The molecule has 0 heterocycles. The van der Waals surface area contributed by atoms with Crippen LogP contribution in [0.25, 0.3) is 0 Å². The lowest BCUT2D eigenvalue weighted by Crippen LogP contribution is -2.01. The zero-order chi connectivity index (χ0) is 13.8. The molecule has 3 nitrogen and oxygen atoms in total. The molecule has 0 aromatic heterocycles. The molecule has 0 unspecified atom stereocenters. The van der Waals surface area contributed by atoms with Crippen molar-refractivity contribution < 1.29 is 14.2 Å². The van der Waals surface area contributed by atoms with E-state index >= 15 is 0 Å². The second kappa shape index (κ2) is 5.80. The lowest BCUT2D eigenvalue weighted by atomic mass is 10.2. The first-order valence-electron chi connectivity index (χ1n) is 5.65. The highest BCUT2D eigenvalue weighted by molar-refractivity contribution is 6.33. The molecule has 0 saturated heterocycles. The van der Waals surface area contributed by atoms with E-state index in [0.717, 1.165) is 0 Å². The van der Waals surface area contributed by atoms with Gasteiger partial charge in [0, 0.05) is 18.2 Å². The van der Waals surface area contributed by atoms with Crippen LogP contribution < -0.4 is 10.1 Å². The normalized spacial score (nSPS) is 10.3. The number of ether oxygens (including phenoxy) is 1. The van der Waals surface area contributed by atoms with Crippen LogP contribution >= 0.6 is 11.6 Å². The van der Waals surface area contributed by atoms with Gasteiger partial charge in [0.05, 0.1) is 17.8 Å². The van der Waals surface area contributed by atoms with Gasteiger partial charge in [-0.3, -0.25) is 0 Å². The van der Waals surface area contributed by atoms with Crippen molar-refractivity contribution >= 4 is 17.3 Å². The van der Waals surface area contributed by atoms with Crippen LogP contribution in [0, 0.1) is 5.82 Å². The molecule has 2 aromatic rings. The van der Waals surface area contributed by atoms with Gasteiger partial charge in [-0.15, -0.1) is 0 Å². The Kier molecular flexibility index (Phi) is 4.12. The molecule has 19 heavy (non-hydrogen) atoms. The fourth-order valence-electron chi connectivity index (χ4n) is 1.66. The zero-order valence-electron chi connectivity index (χ0n) is 10.3. The number of hydrogen-bond donors (Lipinski definition) is 2. The van der Waals surface area contributed by atoms with Gasteiger partial charge >= 0.3 is 0 Å². The molecule has 2 rings (SSSR count). The van der Waals surface area contributed by atoms with Gasteiger partial charge < -0.3 is 15.2 Å². The van der Waals surface area contributed by atoms with Gasteiger partial charge in [-0.25, -0.2) is 4.39 Å². The van der Waals surface area contributed by atoms with Gasteiger partial charge in [0.1, 0.15) is 5.75 Å². The number of rotatable bonds is 4. The van der Waals surface area contributed by atoms with Crippen molar-refractivity contribution in [2.75, 3.05) is 12.4 Å². The average Bonchev–Trinajstić information content (AvgIpc) is 2.42. The van der Waals surface area contributed by atoms with Crippen LogP contribution in [-0.4, -0.2) is 12.2 Å². The number of halogens is 2. The van der Waals surface area contributed by atoms with Gasteiger partial charge in [0.2, 0.25) is 0 Å². The maximum Gasteiger partial charge on any atom is 0.165 e. The number of methoxy groups -OCH3 is 1. The molecule has 0 amide bonds. The summed E-state index contributed by atoms with van der Waals surface area (Å²) in [6.07, 6.45) is 0. The monoisotopic (exact) mass is 281 g/mol. The standard InChI is InChI=1S/C14H13ClFNO2/c1-19-10-5-6-11(15)13(7-10)17-8-9-3-2-4-12(16)14(9)18/h2-7,17-18H,8H2,1H3. The van der Waals surface area contributed by atoms with Crippen LogP contribution in [0.15, 0.2) is 36.4 Å². The Balaban J connectivity index is 2.16. The molecular weight excluding hydrogens is 269 g/mol. The topological polar surface area (TPSA) is 41.5 Å². The molecule has 0 fully saturated rings. The molecule has 2 aromatic carbocycles. The second-order valence-corrected chi connectivity index (χ2v) is 4.35. The minimum atomic E-state index is -0.643. The van der Waals surface area contributed by atoms with E-state index < -0.39 is 5.82 Å². The third-order valence-electron chi connectivity index (χ3n) is 2.71. The highest BCUT2D eigenvalue weighted by atomic mass is 35.5. The van der Waals surface area contributed by atoms with Crippen LogP contribution in [0.5, 0.6) is 11.5 Å². The maximum atomic E-state index is 13.2. The van der Waals surface area contributed by atoms with E-state index in [1.165, 1.54) is 6.07 Å². The predicted octanol–water partition coefficient (Wildman–Crippen LogP) is 3.81. The summed E-state index contributed by atoms with van der Waals surface area (Å²) in [4.78, 5) is 0. The van der Waals surface area contributed by atoms with Gasteiger partial charge in [0.15, 0.2) is 11.6 Å². The quantitative estimate of drug-likeness (QED) is 0.895. The van der Waals surface area contributed by atoms with E-state index in [1.54, 1.807) is 37.4 Å². The molecule has 0 radical (unpaired) electrons. The van der Waals surface area contributed by atoms with Crippen LogP contribution in [-0.2, 0) is 6.54 Å². The van der Waals surface area contributed by atoms with Crippen LogP contribution in [0.4, 0.5) is 10.1 Å². The SMILES string of the molecule is COc1ccc(Cl)c(NCc2cccc(F)c2O)c1. The number of anilines is 1. The summed E-state index contributed by atoms with van der Waals surface area (Å²) in [5.41, 5.74) is 1.11. The van der Waals surface area contributed by atoms with Crippen LogP contribution in [0.1, 0.15) is 5.56 Å². The Morgan fingerprint density at radius 3 is 2.84 bits per heavy atom. The molecule has 5 heteroatoms. The number of benzene rings is 2. The summed E-state index contributed by atoms with van der Waals surface area (Å²) < 4.78 is 18.3. The van der Waals surface area contributed by atoms with E-state index in [4.69, 9.17) is 16.3 Å². The Morgan fingerprint density at radius 2 is 2.11 bits per heavy atom. The fourth-order valence-corrected chi connectivity index (χ4v) is 1.84. The Labute approximate surface area is 115 Å². The van der Waals surface area contributed by atoms with E-state index in [-0.39, 0.29) is 12.3 Å². The van der Waals surface area contributed by atoms with Crippen LogP contribution in [0.2, 0.25) is 5.02 Å². The number of nitrogens with one attached hydrogen (secondary N) is 1. The average molecular weight is 282 g/mol. The van der Waals surface area contributed by atoms with Crippen molar-refractivity contribution in [3.63, 3.8) is 0 Å². The van der Waals surface area contributed by atoms with Crippen molar-refractivity contribution in [3.05, 3.63) is 52.8 Å². The Bertz CT molecular complexity index is 590. The summed E-state index contributed by atoms with van der Waals surface area (Å²) in [6, 6.07) is 9.57. The first-order valence-corrected chi connectivity index (χ1v) is 6.03. The largest absolute Gasteiger partial charge is 0.505 e. The number of aromatic hydroxyl groups is 1. The highest BCUT2D eigenvalue weighted by Gasteiger charge is 2.07. The third kappa shape index (κ3) is 3.09. The first-order chi connectivity index (χ1) is 9.11. The van der Waals surface area contributed by atoms with E-state index in [0.29, 0.717) is 22.0 Å². The Morgan fingerprint density at radius 1 is 1.32 bits per heavy atom. The predicted molar refractivity (Wildman–Crippen MR) is 73.4 cm³/mol. The van der Waals surface area contributed by atoms with E-state index in [2.05, 4.69) is 5.32 Å². The molecule has 0 aliphatic carbocycles. The van der Waals surface area contributed by atoms with Crippen molar-refractivity contribution in [2.24, 2.45) is 0 Å². The molecule has 2 N–H and O–H groups in total. The third-order valence-corrected chi connectivity index (χ3v) is 3.04. The van der Waals surface area contributed by atoms with Gasteiger partial charge in [0.25, 0.3) is 0 Å². The summed E-state index contributed by atoms with van der Waals surface area (Å²) >= 11 is 6.04. The highest BCUT2D eigenvalue weighted by Crippen LogP contribution is 2.28. The van der Waals surface area contributed by atoms with E-state index in [1.807, 2.05) is 0 Å². The molecule has 100 valence electrons. The number of para-hydroxylation sites is 1. The van der Waals surface area contributed by atoms with Gasteiger partial charge in [-0.05, 0) is 18.2 Å². The summed E-state index contributed by atoms with van der Waals surface area (Å²) in [7, 11) is 1.56. The lowest BCUT2D eigenvalue weighted by Gasteiger charge is -2.11. The minimum Gasteiger partial charge on any atom is -0.505 e. The van der Waals surface area contributed by atoms with Gasteiger partial charge in [-0.2, -0.15) is 0 Å². The number of phenolic OH excluding ortho intramolecular Hbond substituents is 1. The maximum absolute atomic E-state index is 13.2. The molecule has 0 aliphatic rings. The van der Waals surface area contributed by atoms with Crippen molar-refractivity contribution in [2.45, 2.75) is 6.54 Å². The van der Waals surface area contributed by atoms with E-state index in [9.17, 15) is 9.50 Å².